The molecule has 2 aromatic heterocycles. The van der Waals surface area contributed by atoms with Crippen LogP contribution in [0.15, 0.2) is 59.3 Å². The predicted octanol–water partition coefficient (Wildman–Crippen LogP) is 4.10. The Morgan fingerprint density at radius 3 is 2.48 bits per heavy atom. The lowest BCUT2D eigenvalue weighted by atomic mass is 10.2. The first-order valence-corrected chi connectivity index (χ1v) is 9.00. The number of amides is 2. The topological polar surface area (TPSA) is 89.2 Å². The molecule has 27 heavy (non-hydrogen) atoms. The summed E-state index contributed by atoms with van der Waals surface area (Å²) < 4.78 is 6.96. The highest BCUT2D eigenvalue weighted by atomic mass is 16.3. The third-order valence-electron chi connectivity index (χ3n) is 4.73. The molecule has 0 atom stereocenters. The summed E-state index contributed by atoms with van der Waals surface area (Å²) in [5, 5.41) is 10.0. The zero-order valence-electron chi connectivity index (χ0n) is 14.7. The number of nitrogens with one attached hydrogen (secondary N) is 2. The lowest BCUT2D eigenvalue weighted by molar-refractivity contribution is 0.0995. The van der Waals surface area contributed by atoms with Gasteiger partial charge in [0, 0.05) is 17.3 Å². The molecule has 2 amide bonds. The van der Waals surface area contributed by atoms with Gasteiger partial charge in [-0.2, -0.15) is 5.10 Å². The Bertz CT molecular complexity index is 923. The number of hydrogen-bond acceptors (Lipinski definition) is 4. The number of rotatable bonds is 5. The van der Waals surface area contributed by atoms with E-state index in [4.69, 9.17) is 4.42 Å². The molecule has 2 N–H and O–H groups in total. The van der Waals surface area contributed by atoms with Gasteiger partial charge in [-0.3, -0.25) is 9.59 Å². The molecule has 0 unspecified atom stereocenters. The molecule has 0 spiro atoms. The molecular formula is C20H20N4O3. The second-order valence-corrected chi connectivity index (χ2v) is 6.56. The Kier molecular flexibility index (Phi) is 4.74. The lowest BCUT2D eigenvalue weighted by Crippen LogP contribution is -2.18. The molecule has 1 saturated carbocycles. The van der Waals surface area contributed by atoms with Crippen molar-refractivity contribution in [1.82, 2.24) is 9.78 Å². The first kappa shape index (κ1) is 17.1. The highest BCUT2D eigenvalue weighted by Crippen LogP contribution is 2.31. The standard InChI is InChI=1S/C20H20N4O3/c25-19(23-18-11-12-21-24(18)16-4-1-2-5-16)14-7-9-15(10-8-14)22-20(26)17-6-3-13-27-17/h3,6-13,16H,1-2,4-5H2,(H,22,26)(H,23,25). The van der Waals surface area contributed by atoms with Crippen molar-refractivity contribution in [1.29, 1.82) is 0 Å². The van der Waals surface area contributed by atoms with Gasteiger partial charge in [-0.25, -0.2) is 4.68 Å². The highest BCUT2D eigenvalue weighted by molar-refractivity contribution is 6.05. The average molecular weight is 364 g/mol. The maximum atomic E-state index is 12.5. The molecule has 3 aromatic rings. The van der Waals surface area contributed by atoms with Crippen molar-refractivity contribution in [2.75, 3.05) is 10.6 Å². The number of hydrogen-bond donors (Lipinski definition) is 2. The van der Waals surface area contributed by atoms with Crippen LogP contribution in [0.25, 0.3) is 0 Å². The number of carbonyl (C=O) groups excluding carboxylic acids is 2. The first-order chi connectivity index (χ1) is 13.2. The maximum absolute atomic E-state index is 12.5. The summed E-state index contributed by atoms with van der Waals surface area (Å²) >= 11 is 0. The van der Waals surface area contributed by atoms with Gasteiger partial charge in [0.2, 0.25) is 0 Å². The Hall–Kier alpha value is -3.35. The van der Waals surface area contributed by atoms with E-state index < -0.39 is 0 Å². The zero-order chi connectivity index (χ0) is 18.6. The van der Waals surface area contributed by atoms with Gasteiger partial charge in [0.25, 0.3) is 11.8 Å². The molecule has 1 aliphatic carbocycles. The Balaban J connectivity index is 1.41. The fraction of sp³-hybridized carbons (Fsp3) is 0.250. The van der Waals surface area contributed by atoms with Crippen LogP contribution in [0.3, 0.4) is 0 Å². The molecule has 2 heterocycles. The van der Waals surface area contributed by atoms with Crippen molar-refractivity contribution in [3.05, 3.63) is 66.2 Å². The van der Waals surface area contributed by atoms with Gasteiger partial charge in [0.05, 0.1) is 18.5 Å². The summed E-state index contributed by atoms with van der Waals surface area (Å²) in [5.41, 5.74) is 1.09. The van der Waals surface area contributed by atoms with E-state index in [0.29, 0.717) is 23.1 Å². The quantitative estimate of drug-likeness (QED) is 0.713. The van der Waals surface area contributed by atoms with Crippen LogP contribution in [-0.4, -0.2) is 21.6 Å². The van der Waals surface area contributed by atoms with Gasteiger partial charge < -0.3 is 15.1 Å². The molecule has 7 nitrogen and oxygen atoms in total. The molecule has 4 rings (SSSR count). The molecule has 138 valence electrons. The second-order valence-electron chi connectivity index (χ2n) is 6.56. The van der Waals surface area contributed by atoms with Gasteiger partial charge in [-0.15, -0.1) is 0 Å². The minimum absolute atomic E-state index is 0.210. The van der Waals surface area contributed by atoms with Gasteiger partial charge in [-0.1, -0.05) is 12.8 Å². The maximum Gasteiger partial charge on any atom is 0.291 e. The summed E-state index contributed by atoms with van der Waals surface area (Å²) in [6, 6.07) is 12.1. The minimum Gasteiger partial charge on any atom is -0.459 e. The Morgan fingerprint density at radius 1 is 1.00 bits per heavy atom. The van der Waals surface area contributed by atoms with E-state index in [1.807, 2.05) is 10.7 Å². The normalized spacial score (nSPS) is 14.2. The van der Waals surface area contributed by atoms with E-state index in [2.05, 4.69) is 15.7 Å². The molecule has 0 bridgehead atoms. The van der Waals surface area contributed by atoms with E-state index in [9.17, 15) is 9.59 Å². The third-order valence-corrected chi connectivity index (χ3v) is 4.73. The van der Waals surface area contributed by atoms with Crippen LogP contribution in [-0.2, 0) is 0 Å². The van der Waals surface area contributed by atoms with Crippen LogP contribution in [0.2, 0.25) is 0 Å². The smallest absolute Gasteiger partial charge is 0.291 e. The minimum atomic E-state index is -0.335. The molecule has 1 aliphatic rings. The number of nitrogens with zero attached hydrogens (tertiary/aromatic N) is 2. The molecule has 7 heteroatoms. The number of benzene rings is 1. The number of anilines is 2. The highest BCUT2D eigenvalue weighted by Gasteiger charge is 2.20. The van der Waals surface area contributed by atoms with Gasteiger partial charge in [0.15, 0.2) is 5.76 Å². The largest absolute Gasteiger partial charge is 0.459 e. The fourth-order valence-corrected chi connectivity index (χ4v) is 3.35. The van der Waals surface area contributed by atoms with Crippen LogP contribution in [0.5, 0.6) is 0 Å². The summed E-state index contributed by atoms with van der Waals surface area (Å²) in [7, 11) is 0. The third kappa shape index (κ3) is 3.76. The summed E-state index contributed by atoms with van der Waals surface area (Å²) in [6.07, 6.45) is 7.73. The zero-order valence-corrected chi connectivity index (χ0v) is 14.7. The van der Waals surface area contributed by atoms with Gasteiger partial charge >= 0.3 is 0 Å². The molecule has 0 radical (unpaired) electrons. The van der Waals surface area contributed by atoms with Crippen molar-refractivity contribution in [3.63, 3.8) is 0 Å². The first-order valence-electron chi connectivity index (χ1n) is 9.00. The molecule has 1 fully saturated rings. The van der Waals surface area contributed by atoms with Crippen molar-refractivity contribution in [2.45, 2.75) is 31.7 Å². The predicted molar refractivity (Wildman–Crippen MR) is 101 cm³/mol. The van der Waals surface area contributed by atoms with Crippen molar-refractivity contribution >= 4 is 23.3 Å². The Labute approximate surface area is 156 Å². The van der Waals surface area contributed by atoms with E-state index in [0.717, 1.165) is 12.8 Å². The Morgan fingerprint density at radius 2 is 1.78 bits per heavy atom. The van der Waals surface area contributed by atoms with E-state index in [1.54, 1.807) is 42.6 Å². The molecular weight excluding hydrogens is 344 g/mol. The SMILES string of the molecule is O=C(Nc1ccnn1C1CCCC1)c1ccc(NC(=O)c2ccco2)cc1. The molecule has 0 saturated heterocycles. The number of furan rings is 1. The van der Waals surface area contributed by atoms with Crippen molar-refractivity contribution in [3.8, 4) is 0 Å². The number of aromatic nitrogens is 2. The van der Waals surface area contributed by atoms with Crippen LogP contribution in [0.1, 0.15) is 52.6 Å². The number of carbonyl (C=O) groups is 2. The molecule has 1 aromatic carbocycles. The second kappa shape index (κ2) is 7.49. The van der Waals surface area contributed by atoms with E-state index >= 15 is 0 Å². The van der Waals surface area contributed by atoms with Gasteiger partial charge in [-0.05, 0) is 49.2 Å². The summed E-state index contributed by atoms with van der Waals surface area (Å²) in [4.78, 5) is 24.5. The van der Waals surface area contributed by atoms with Crippen molar-refractivity contribution < 1.29 is 14.0 Å². The van der Waals surface area contributed by atoms with Gasteiger partial charge in [0.1, 0.15) is 5.82 Å². The van der Waals surface area contributed by atoms with Crippen LogP contribution in [0.4, 0.5) is 11.5 Å². The lowest BCUT2D eigenvalue weighted by Gasteiger charge is -2.14. The van der Waals surface area contributed by atoms with E-state index in [1.165, 1.54) is 19.1 Å². The molecule has 0 aliphatic heterocycles. The van der Waals surface area contributed by atoms with Crippen LogP contribution >= 0.6 is 0 Å². The monoisotopic (exact) mass is 364 g/mol. The van der Waals surface area contributed by atoms with Crippen molar-refractivity contribution in [2.24, 2.45) is 0 Å². The van der Waals surface area contributed by atoms with Crippen LogP contribution in [0, 0.1) is 0 Å². The summed E-state index contributed by atoms with van der Waals surface area (Å²) in [5.74, 6) is 0.399. The van der Waals surface area contributed by atoms with E-state index in [-0.39, 0.29) is 17.6 Å². The van der Waals surface area contributed by atoms with Crippen LogP contribution < -0.4 is 10.6 Å². The average Bonchev–Trinajstić information content (AvgIpc) is 3.43. The summed E-state index contributed by atoms with van der Waals surface area (Å²) in [6.45, 7) is 0. The fourth-order valence-electron chi connectivity index (χ4n) is 3.35.